The number of hydrogen-bond donors (Lipinski definition) is 0. The first-order valence-corrected chi connectivity index (χ1v) is 15.7. The van der Waals surface area contributed by atoms with E-state index in [0.717, 1.165) is 16.7 Å². The monoisotopic (exact) mass is 549 g/mol. The molecule has 0 spiro atoms. The van der Waals surface area contributed by atoms with Crippen molar-refractivity contribution in [3.8, 4) is 17.2 Å². The maximum Gasteiger partial charge on any atom is 0.458 e. The largest absolute Gasteiger partial charge is 0.458 e. The van der Waals surface area contributed by atoms with E-state index in [9.17, 15) is 0 Å². The number of benzene rings is 3. The average Bonchev–Trinajstić information content (AvgIpc) is 2.88. The Hall–Kier alpha value is -2.37. The van der Waals surface area contributed by atoms with Crippen LogP contribution in [0.3, 0.4) is 0 Å². The topological polar surface area (TPSA) is 92.5 Å². The first-order chi connectivity index (χ1) is 17.2. The van der Waals surface area contributed by atoms with Crippen LogP contribution in [0.5, 0.6) is 17.2 Å². The van der Waals surface area contributed by atoms with Crippen LogP contribution in [-0.2, 0) is 13.6 Å². The fourth-order valence-electron chi connectivity index (χ4n) is 3.15. The van der Waals surface area contributed by atoms with Crippen LogP contribution in [0.2, 0.25) is 0 Å². The highest BCUT2D eigenvalue weighted by Crippen LogP contribution is 2.79. The Labute approximate surface area is 212 Å². The molecule has 3 aromatic rings. The van der Waals surface area contributed by atoms with E-state index < -0.39 is 23.0 Å². The fourth-order valence-corrected chi connectivity index (χ4v) is 12.1. The van der Waals surface area contributed by atoms with Crippen LogP contribution in [0.1, 0.15) is 16.7 Å². The summed E-state index contributed by atoms with van der Waals surface area (Å²) >= 11 is 0. The van der Waals surface area contributed by atoms with Crippen LogP contribution in [0.15, 0.2) is 86.3 Å². The first kappa shape index (κ1) is 26.7. The van der Waals surface area contributed by atoms with E-state index in [4.69, 9.17) is 40.7 Å². The Balaban J connectivity index is 1.94. The van der Waals surface area contributed by atoms with Gasteiger partial charge in [-0.05, 0) is 57.2 Å². The quantitative estimate of drug-likeness (QED) is 0.248. The molecule has 0 bridgehead atoms. The predicted molar refractivity (Wildman–Crippen MR) is 144 cm³/mol. The van der Waals surface area contributed by atoms with Crippen molar-refractivity contribution >= 4 is 23.0 Å². The van der Waals surface area contributed by atoms with Crippen LogP contribution >= 0.6 is 23.0 Å². The molecule has 36 heavy (non-hydrogen) atoms. The summed E-state index contributed by atoms with van der Waals surface area (Å²) in [6, 6.07) is 22.6. The van der Waals surface area contributed by atoms with Crippen LogP contribution in [0, 0.1) is 20.8 Å². The SMILES string of the molecule is COP1(OC)=NP(OC)(Oc2ccc(C)cc2)=NP(Oc2ccc(C)cc2)(Oc2ccc(C)cc2)=N1. The molecule has 0 amide bonds. The second kappa shape index (κ2) is 10.9. The third-order valence-electron chi connectivity index (χ3n) is 5.13. The van der Waals surface area contributed by atoms with Gasteiger partial charge in [0.25, 0.3) is 0 Å². The van der Waals surface area contributed by atoms with E-state index in [0.29, 0.717) is 17.2 Å². The molecule has 3 aromatic carbocycles. The summed E-state index contributed by atoms with van der Waals surface area (Å²) in [5.74, 6) is 1.56. The van der Waals surface area contributed by atoms with Crippen molar-refractivity contribution in [2.24, 2.45) is 13.5 Å². The molecule has 1 unspecified atom stereocenters. The molecule has 4 rings (SSSR count). The average molecular weight is 549 g/mol. The summed E-state index contributed by atoms with van der Waals surface area (Å²) in [6.45, 7) is 5.98. The van der Waals surface area contributed by atoms with Crippen molar-refractivity contribution in [1.82, 2.24) is 0 Å². The van der Waals surface area contributed by atoms with Gasteiger partial charge >= 0.3 is 23.0 Å². The van der Waals surface area contributed by atoms with Gasteiger partial charge in [-0.25, -0.2) is 0 Å². The number of aryl methyl sites for hydroxylation is 3. The molecule has 1 aliphatic heterocycles. The zero-order valence-electron chi connectivity index (χ0n) is 21.1. The summed E-state index contributed by atoms with van der Waals surface area (Å²) in [5.41, 5.74) is 3.25. The Bertz CT molecular complexity index is 1310. The summed E-state index contributed by atoms with van der Waals surface area (Å²) in [7, 11) is -5.85. The van der Waals surface area contributed by atoms with Gasteiger partial charge in [0.2, 0.25) is 0 Å². The lowest BCUT2D eigenvalue weighted by Gasteiger charge is -2.31. The van der Waals surface area contributed by atoms with Crippen molar-refractivity contribution in [1.29, 1.82) is 0 Å². The molecule has 1 aliphatic rings. The van der Waals surface area contributed by atoms with Gasteiger partial charge in [-0.15, -0.1) is 13.5 Å². The normalized spacial score (nSPS) is 19.8. The number of nitrogens with zero attached hydrogens (tertiary/aromatic N) is 3. The molecule has 0 fully saturated rings. The summed E-state index contributed by atoms with van der Waals surface area (Å²) < 4.78 is 50.9. The van der Waals surface area contributed by atoms with Crippen LogP contribution < -0.4 is 13.6 Å². The summed E-state index contributed by atoms with van der Waals surface area (Å²) in [5, 5.41) is 0. The maximum absolute atomic E-state index is 6.44. The maximum atomic E-state index is 6.44. The minimum absolute atomic E-state index is 0.519. The van der Waals surface area contributed by atoms with Crippen LogP contribution in [0.25, 0.3) is 0 Å². The number of rotatable bonds is 9. The highest BCUT2D eigenvalue weighted by atomic mass is 31.3. The summed E-state index contributed by atoms with van der Waals surface area (Å²) in [4.78, 5) is 0. The first-order valence-electron chi connectivity index (χ1n) is 11.1. The zero-order valence-corrected chi connectivity index (χ0v) is 23.7. The van der Waals surface area contributed by atoms with E-state index in [2.05, 4.69) is 0 Å². The Morgan fingerprint density at radius 2 is 0.694 bits per heavy atom. The third kappa shape index (κ3) is 6.12. The molecule has 9 nitrogen and oxygen atoms in total. The van der Waals surface area contributed by atoms with Gasteiger partial charge in [0.1, 0.15) is 17.2 Å². The molecule has 192 valence electrons. The third-order valence-corrected chi connectivity index (χ3v) is 13.3. The minimum atomic E-state index is -3.55. The van der Waals surface area contributed by atoms with Crippen molar-refractivity contribution in [2.45, 2.75) is 20.8 Å². The molecule has 0 saturated carbocycles. The Morgan fingerprint density at radius 1 is 0.417 bits per heavy atom. The lowest BCUT2D eigenvalue weighted by molar-refractivity contribution is 0.324. The Morgan fingerprint density at radius 3 is 1.03 bits per heavy atom. The van der Waals surface area contributed by atoms with Gasteiger partial charge in [0.15, 0.2) is 0 Å². The zero-order chi connectivity index (χ0) is 25.8. The van der Waals surface area contributed by atoms with E-state index >= 15 is 0 Å². The summed E-state index contributed by atoms with van der Waals surface area (Å²) in [6.07, 6.45) is 0. The van der Waals surface area contributed by atoms with Gasteiger partial charge in [-0.3, -0.25) is 0 Å². The molecular formula is C24H30N3O6P3. The van der Waals surface area contributed by atoms with E-state index in [1.165, 1.54) is 21.3 Å². The van der Waals surface area contributed by atoms with Crippen molar-refractivity contribution in [3.63, 3.8) is 0 Å². The van der Waals surface area contributed by atoms with E-state index in [1.807, 2.05) is 93.6 Å². The number of hydrogen-bond acceptors (Lipinski definition) is 9. The molecule has 0 saturated heterocycles. The fraction of sp³-hybridized carbons (Fsp3) is 0.250. The molecular weight excluding hydrogens is 519 g/mol. The molecule has 0 aliphatic carbocycles. The molecule has 1 atom stereocenters. The molecule has 0 N–H and O–H groups in total. The van der Waals surface area contributed by atoms with Gasteiger partial charge in [-0.1, -0.05) is 53.1 Å². The van der Waals surface area contributed by atoms with E-state index in [-0.39, 0.29) is 0 Å². The van der Waals surface area contributed by atoms with Crippen molar-refractivity contribution < 1.29 is 27.1 Å². The highest BCUT2D eigenvalue weighted by molar-refractivity contribution is 7.78. The molecule has 12 heteroatoms. The lowest BCUT2D eigenvalue weighted by Crippen LogP contribution is -2.06. The van der Waals surface area contributed by atoms with Crippen molar-refractivity contribution in [2.75, 3.05) is 21.3 Å². The lowest BCUT2D eigenvalue weighted by atomic mass is 10.2. The standard InChI is InChI=1S/C24H30N3O6P3/c1-19-7-13-22(14-8-19)31-35(30-6)25-34(28-4,29-5)26-36(27-35,32-23-15-9-20(2)10-16-23)33-24-17-11-21(3)12-18-24/h7-18H,1-6H3. The predicted octanol–water partition coefficient (Wildman–Crippen LogP) is 8.94. The van der Waals surface area contributed by atoms with Gasteiger partial charge < -0.3 is 27.1 Å². The Kier molecular flexibility index (Phi) is 8.11. The smallest absolute Gasteiger partial charge is 0.422 e. The van der Waals surface area contributed by atoms with Crippen LogP contribution in [0.4, 0.5) is 0 Å². The van der Waals surface area contributed by atoms with Gasteiger partial charge in [0, 0.05) is 21.3 Å². The molecule has 0 radical (unpaired) electrons. The van der Waals surface area contributed by atoms with E-state index in [1.54, 1.807) is 0 Å². The second-order valence-corrected chi connectivity index (χ2v) is 14.7. The highest BCUT2D eigenvalue weighted by Gasteiger charge is 2.44. The van der Waals surface area contributed by atoms with Crippen LogP contribution in [-0.4, -0.2) is 21.3 Å². The second-order valence-electron chi connectivity index (χ2n) is 8.00. The molecule has 1 heterocycles. The van der Waals surface area contributed by atoms with Gasteiger partial charge in [0.05, 0.1) is 0 Å². The molecule has 0 aromatic heterocycles. The minimum Gasteiger partial charge on any atom is -0.422 e. The van der Waals surface area contributed by atoms with Gasteiger partial charge in [-0.2, -0.15) is 0 Å². The van der Waals surface area contributed by atoms with Crippen molar-refractivity contribution in [3.05, 3.63) is 89.5 Å².